The van der Waals surface area contributed by atoms with Gasteiger partial charge in [0.2, 0.25) is 0 Å². The van der Waals surface area contributed by atoms with Crippen LogP contribution in [0.25, 0.3) is 5.69 Å². The number of aromatic nitrogens is 2. The van der Waals surface area contributed by atoms with E-state index in [0.717, 1.165) is 5.69 Å². The van der Waals surface area contributed by atoms with Gasteiger partial charge in [0.1, 0.15) is 0 Å². The Labute approximate surface area is 132 Å². The third-order valence-electron chi connectivity index (χ3n) is 3.25. The summed E-state index contributed by atoms with van der Waals surface area (Å²) in [5, 5.41) is 6.65. The predicted molar refractivity (Wildman–Crippen MR) is 80.4 cm³/mol. The van der Waals surface area contributed by atoms with E-state index in [0.29, 0.717) is 0 Å². The quantitative estimate of drug-likeness (QED) is 0.913. The molecular weight excluding hydrogens is 307 g/mol. The highest BCUT2D eigenvalue weighted by molar-refractivity contribution is 5.92. The van der Waals surface area contributed by atoms with Crippen LogP contribution in [0.2, 0.25) is 0 Å². The fourth-order valence-corrected chi connectivity index (χ4v) is 2.18. The van der Waals surface area contributed by atoms with E-state index in [1.165, 1.54) is 24.6 Å². The molecule has 0 aliphatic heterocycles. The Balaban J connectivity index is 1.98. The number of carbonyl (C=O) groups excluding carboxylic acids is 1. The van der Waals surface area contributed by atoms with Crippen molar-refractivity contribution in [2.24, 2.45) is 5.41 Å². The number of hydrogen-bond acceptors (Lipinski definition) is 2. The summed E-state index contributed by atoms with van der Waals surface area (Å²) in [6.45, 7) is 2.84. The van der Waals surface area contributed by atoms with Crippen molar-refractivity contribution in [2.45, 2.75) is 26.4 Å². The van der Waals surface area contributed by atoms with E-state index in [-0.39, 0.29) is 12.2 Å². The molecule has 0 aliphatic carbocycles. The second-order valence-corrected chi connectivity index (χ2v) is 6.12. The lowest BCUT2D eigenvalue weighted by atomic mass is 9.89. The first-order valence-corrected chi connectivity index (χ1v) is 7.12. The minimum atomic E-state index is -4.26. The van der Waals surface area contributed by atoms with Crippen molar-refractivity contribution in [3.8, 4) is 5.69 Å². The molecule has 7 heteroatoms. The summed E-state index contributed by atoms with van der Waals surface area (Å²) in [6.07, 6.45) is -3.59. The first-order valence-electron chi connectivity index (χ1n) is 7.12. The molecule has 0 spiro atoms. The third kappa shape index (κ3) is 5.12. The average Bonchev–Trinajstić information content (AvgIpc) is 2.93. The number of halogens is 3. The predicted octanol–water partition coefficient (Wildman–Crippen LogP) is 3.58. The Morgan fingerprint density at radius 2 is 1.83 bits per heavy atom. The molecule has 1 N–H and O–H groups in total. The van der Waals surface area contributed by atoms with Crippen LogP contribution in [-0.2, 0) is 0 Å². The van der Waals surface area contributed by atoms with Crippen LogP contribution in [-0.4, -0.2) is 28.4 Å². The Hall–Kier alpha value is -2.31. The van der Waals surface area contributed by atoms with E-state index in [1.807, 2.05) is 30.3 Å². The summed E-state index contributed by atoms with van der Waals surface area (Å²) >= 11 is 0. The highest BCUT2D eigenvalue weighted by Gasteiger charge is 2.36. The highest BCUT2D eigenvalue weighted by Crippen LogP contribution is 2.32. The number of amides is 1. The fraction of sp³-hybridized carbons (Fsp3) is 0.375. The van der Waals surface area contributed by atoms with Crippen LogP contribution in [0.1, 0.15) is 30.8 Å². The van der Waals surface area contributed by atoms with E-state index < -0.39 is 23.9 Å². The van der Waals surface area contributed by atoms with Gasteiger partial charge >= 0.3 is 6.18 Å². The lowest BCUT2D eigenvalue weighted by Crippen LogP contribution is -2.37. The van der Waals surface area contributed by atoms with Crippen LogP contribution in [0.5, 0.6) is 0 Å². The lowest BCUT2D eigenvalue weighted by molar-refractivity contribution is -0.153. The van der Waals surface area contributed by atoms with Gasteiger partial charge in [0.15, 0.2) is 5.69 Å². The molecule has 0 saturated carbocycles. The maximum absolute atomic E-state index is 12.5. The summed E-state index contributed by atoms with van der Waals surface area (Å²) < 4.78 is 38.9. The van der Waals surface area contributed by atoms with E-state index in [1.54, 1.807) is 6.20 Å². The zero-order valence-corrected chi connectivity index (χ0v) is 12.9. The first-order chi connectivity index (χ1) is 10.7. The van der Waals surface area contributed by atoms with Crippen LogP contribution >= 0.6 is 0 Å². The topological polar surface area (TPSA) is 46.9 Å². The first kappa shape index (κ1) is 17.1. The van der Waals surface area contributed by atoms with Gasteiger partial charge in [-0.3, -0.25) is 4.79 Å². The van der Waals surface area contributed by atoms with Gasteiger partial charge in [-0.15, -0.1) is 0 Å². The van der Waals surface area contributed by atoms with Crippen molar-refractivity contribution in [1.82, 2.24) is 15.1 Å². The van der Waals surface area contributed by atoms with Crippen molar-refractivity contribution in [2.75, 3.05) is 6.54 Å². The zero-order chi connectivity index (χ0) is 17.1. The van der Waals surface area contributed by atoms with Crippen LogP contribution in [0, 0.1) is 5.41 Å². The smallest absolute Gasteiger partial charge is 0.350 e. The minimum absolute atomic E-state index is 0.0798. The number of nitrogens with one attached hydrogen (secondary N) is 1. The van der Waals surface area contributed by atoms with Gasteiger partial charge in [-0.2, -0.15) is 18.3 Å². The minimum Gasteiger partial charge on any atom is -0.350 e. The highest BCUT2D eigenvalue weighted by atomic mass is 19.4. The van der Waals surface area contributed by atoms with E-state index >= 15 is 0 Å². The molecule has 0 fully saturated rings. The number of benzene rings is 1. The van der Waals surface area contributed by atoms with Gasteiger partial charge in [-0.25, -0.2) is 4.68 Å². The molecule has 1 heterocycles. The Morgan fingerprint density at radius 3 is 2.43 bits per heavy atom. The van der Waals surface area contributed by atoms with Crippen LogP contribution in [0.3, 0.4) is 0 Å². The fourth-order valence-electron chi connectivity index (χ4n) is 2.18. The lowest BCUT2D eigenvalue weighted by Gasteiger charge is -2.25. The summed E-state index contributed by atoms with van der Waals surface area (Å²) in [6, 6.07) is 10.7. The summed E-state index contributed by atoms with van der Waals surface area (Å²) in [5.74, 6) is -0.491. The Bertz CT molecular complexity index is 663. The SMILES string of the molecule is CC(C)(CNC(=O)c1ccn(-c2ccccc2)n1)CC(F)(F)F. The molecule has 0 aliphatic rings. The second kappa shape index (κ2) is 6.44. The molecule has 4 nitrogen and oxygen atoms in total. The number of hydrogen-bond donors (Lipinski definition) is 1. The van der Waals surface area contributed by atoms with E-state index in [9.17, 15) is 18.0 Å². The molecule has 0 saturated heterocycles. The van der Waals surface area contributed by atoms with Crippen molar-refractivity contribution in [3.63, 3.8) is 0 Å². The van der Waals surface area contributed by atoms with Gasteiger partial charge < -0.3 is 5.32 Å². The maximum atomic E-state index is 12.5. The van der Waals surface area contributed by atoms with Crippen LogP contribution in [0.4, 0.5) is 13.2 Å². The third-order valence-corrected chi connectivity index (χ3v) is 3.25. The molecule has 1 aromatic carbocycles. The molecule has 2 aromatic rings. The van der Waals surface area contributed by atoms with Crippen molar-refractivity contribution < 1.29 is 18.0 Å². The molecule has 1 amide bonds. The van der Waals surface area contributed by atoms with Crippen molar-refractivity contribution in [3.05, 3.63) is 48.3 Å². The van der Waals surface area contributed by atoms with Gasteiger partial charge in [0.05, 0.1) is 12.1 Å². The molecule has 1 aromatic heterocycles. The Kier molecular flexibility index (Phi) is 4.77. The summed E-state index contributed by atoms with van der Waals surface area (Å²) in [4.78, 5) is 12.0. The standard InChI is InChI=1S/C16H18F3N3O/c1-15(2,10-16(17,18)19)11-20-14(23)13-8-9-22(21-13)12-6-4-3-5-7-12/h3-9H,10-11H2,1-2H3,(H,20,23). The van der Waals surface area contributed by atoms with Gasteiger partial charge in [-0.1, -0.05) is 32.0 Å². The van der Waals surface area contributed by atoms with Crippen LogP contribution in [0.15, 0.2) is 42.6 Å². The molecule has 0 bridgehead atoms. The molecule has 124 valence electrons. The number of carbonyl (C=O) groups is 1. The van der Waals surface area contributed by atoms with Gasteiger partial charge in [0.25, 0.3) is 5.91 Å². The average molecular weight is 325 g/mol. The second-order valence-electron chi connectivity index (χ2n) is 6.12. The number of rotatable bonds is 5. The number of para-hydroxylation sites is 1. The van der Waals surface area contributed by atoms with Crippen molar-refractivity contribution >= 4 is 5.91 Å². The largest absolute Gasteiger partial charge is 0.389 e. The molecule has 0 unspecified atom stereocenters. The Morgan fingerprint density at radius 1 is 1.17 bits per heavy atom. The van der Waals surface area contributed by atoms with E-state index in [2.05, 4.69) is 10.4 Å². The van der Waals surface area contributed by atoms with Crippen molar-refractivity contribution in [1.29, 1.82) is 0 Å². The number of alkyl halides is 3. The normalized spacial score (nSPS) is 12.2. The summed E-state index contributed by atoms with van der Waals surface area (Å²) in [5.41, 5.74) is -0.115. The van der Waals surface area contributed by atoms with E-state index in [4.69, 9.17) is 0 Å². The molecular formula is C16H18F3N3O. The monoisotopic (exact) mass is 325 g/mol. The summed E-state index contributed by atoms with van der Waals surface area (Å²) in [7, 11) is 0. The van der Waals surface area contributed by atoms with Crippen LogP contribution < -0.4 is 5.32 Å². The van der Waals surface area contributed by atoms with Gasteiger partial charge in [0, 0.05) is 12.7 Å². The maximum Gasteiger partial charge on any atom is 0.389 e. The van der Waals surface area contributed by atoms with Gasteiger partial charge in [-0.05, 0) is 23.6 Å². The zero-order valence-electron chi connectivity index (χ0n) is 12.9. The molecule has 0 atom stereocenters. The molecule has 23 heavy (non-hydrogen) atoms. The molecule has 2 rings (SSSR count). The number of nitrogens with zero attached hydrogens (tertiary/aromatic N) is 2. The molecule has 0 radical (unpaired) electrons.